The first kappa shape index (κ1) is 13.8. The summed E-state index contributed by atoms with van der Waals surface area (Å²) >= 11 is 5.78. The van der Waals surface area contributed by atoms with Crippen molar-refractivity contribution < 1.29 is 5.11 Å². The third-order valence-corrected chi connectivity index (χ3v) is 3.07. The summed E-state index contributed by atoms with van der Waals surface area (Å²) in [4.78, 5) is 8.10. The third kappa shape index (κ3) is 4.19. The number of aliphatic hydroxyl groups is 1. The van der Waals surface area contributed by atoms with E-state index in [0.717, 1.165) is 0 Å². The van der Waals surface area contributed by atoms with Crippen molar-refractivity contribution in [3.63, 3.8) is 0 Å². The lowest BCUT2D eigenvalue weighted by molar-refractivity contribution is 0.277. The van der Waals surface area contributed by atoms with E-state index in [1.54, 1.807) is 6.20 Å². The average molecular weight is 278 g/mol. The zero-order valence-corrected chi connectivity index (χ0v) is 11.2. The van der Waals surface area contributed by atoms with E-state index in [-0.39, 0.29) is 12.5 Å². The van der Waals surface area contributed by atoms with Crippen LogP contribution in [0.4, 0.5) is 5.82 Å². The number of hydrogen-bond donors (Lipinski definition) is 2. The molecule has 0 bridgehead atoms. The smallest absolute Gasteiger partial charge is 0.149 e. The zero-order valence-electron chi connectivity index (χ0n) is 10.5. The lowest BCUT2D eigenvalue weighted by Crippen LogP contribution is -2.15. The molecule has 1 aromatic carbocycles. The molecule has 2 rings (SSSR count). The van der Waals surface area contributed by atoms with E-state index in [4.69, 9.17) is 16.7 Å². The van der Waals surface area contributed by atoms with Crippen LogP contribution in [0.1, 0.15) is 17.9 Å². The highest BCUT2D eigenvalue weighted by Gasteiger charge is 2.11. The first-order valence-corrected chi connectivity index (χ1v) is 6.54. The summed E-state index contributed by atoms with van der Waals surface area (Å²) < 4.78 is 0. The van der Waals surface area contributed by atoms with E-state index in [2.05, 4.69) is 27.4 Å². The fourth-order valence-corrected chi connectivity index (χ4v) is 2.07. The van der Waals surface area contributed by atoms with Gasteiger partial charge in [0.25, 0.3) is 0 Å². The van der Waals surface area contributed by atoms with Crippen LogP contribution in [0.5, 0.6) is 0 Å². The van der Waals surface area contributed by atoms with Gasteiger partial charge in [0.2, 0.25) is 0 Å². The number of aliphatic hydroxyl groups excluding tert-OH is 1. The maximum Gasteiger partial charge on any atom is 0.149 e. The summed E-state index contributed by atoms with van der Waals surface area (Å²) in [6.45, 7) is 0.835. The van der Waals surface area contributed by atoms with Crippen LogP contribution in [0.25, 0.3) is 0 Å². The summed E-state index contributed by atoms with van der Waals surface area (Å²) in [5.41, 5.74) is 1.19. The van der Waals surface area contributed by atoms with Gasteiger partial charge in [-0.15, -0.1) is 0 Å². The standard InChI is InChI=1S/C14H16ClN3O/c15-13-9-16-10-14(18-13)17-8-12(6-7-19)11-4-2-1-3-5-11/h1-5,9-10,12,19H,6-8H2,(H,17,18). The van der Waals surface area contributed by atoms with Crippen molar-refractivity contribution >= 4 is 17.4 Å². The quantitative estimate of drug-likeness (QED) is 0.852. The van der Waals surface area contributed by atoms with Crippen molar-refractivity contribution in [3.8, 4) is 0 Å². The highest BCUT2D eigenvalue weighted by molar-refractivity contribution is 6.29. The molecule has 0 saturated carbocycles. The van der Waals surface area contributed by atoms with Gasteiger partial charge in [-0.1, -0.05) is 41.9 Å². The second kappa shape index (κ2) is 7.07. The minimum absolute atomic E-state index is 0.155. The van der Waals surface area contributed by atoms with Crippen LogP contribution in [0.15, 0.2) is 42.7 Å². The molecule has 1 unspecified atom stereocenters. The molecule has 5 heteroatoms. The second-order valence-electron chi connectivity index (χ2n) is 4.23. The summed E-state index contributed by atoms with van der Waals surface area (Å²) in [5, 5.41) is 12.7. The van der Waals surface area contributed by atoms with E-state index in [1.165, 1.54) is 11.8 Å². The molecule has 1 heterocycles. The predicted molar refractivity (Wildman–Crippen MR) is 76.4 cm³/mol. The molecule has 0 fully saturated rings. The van der Waals surface area contributed by atoms with Gasteiger partial charge in [0, 0.05) is 19.1 Å². The van der Waals surface area contributed by atoms with Gasteiger partial charge in [0.05, 0.1) is 12.4 Å². The van der Waals surface area contributed by atoms with Crippen molar-refractivity contribution in [1.82, 2.24) is 9.97 Å². The van der Waals surface area contributed by atoms with Gasteiger partial charge in [-0.25, -0.2) is 4.98 Å². The molecule has 100 valence electrons. The van der Waals surface area contributed by atoms with E-state index in [0.29, 0.717) is 23.9 Å². The Bertz CT molecular complexity index is 507. The van der Waals surface area contributed by atoms with Gasteiger partial charge in [0.15, 0.2) is 0 Å². The van der Waals surface area contributed by atoms with Crippen LogP contribution in [0.2, 0.25) is 5.15 Å². The van der Waals surface area contributed by atoms with Crippen molar-refractivity contribution in [2.24, 2.45) is 0 Å². The molecule has 0 spiro atoms. The van der Waals surface area contributed by atoms with Crippen LogP contribution in [-0.4, -0.2) is 28.2 Å². The molecule has 0 aliphatic heterocycles. The molecular weight excluding hydrogens is 262 g/mol. The number of nitrogens with one attached hydrogen (secondary N) is 1. The van der Waals surface area contributed by atoms with Gasteiger partial charge in [-0.2, -0.15) is 0 Å². The third-order valence-electron chi connectivity index (χ3n) is 2.88. The van der Waals surface area contributed by atoms with E-state index in [9.17, 15) is 0 Å². The number of nitrogens with zero attached hydrogens (tertiary/aromatic N) is 2. The molecule has 0 aliphatic carbocycles. The highest BCUT2D eigenvalue weighted by atomic mass is 35.5. The molecule has 19 heavy (non-hydrogen) atoms. The first-order valence-electron chi connectivity index (χ1n) is 6.17. The Morgan fingerprint density at radius 3 is 2.68 bits per heavy atom. The number of anilines is 1. The second-order valence-corrected chi connectivity index (χ2v) is 4.62. The largest absolute Gasteiger partial charge is 0.396 e. The van der Waals surface area contributed by atoms with Crippen molar-refractivity contribution in [2.75, 3.05) is 18.5 Å². The number of halogens is 1. The molecule has 4 nitrogen and oxygen atoms in total. The molecule has 2 N–H and O–H groups in total. The van der Waals surface area contributed by atoms with Gasteiger partial charge < -0.3 is 10.4 Å². The fourth-order valence-electron chi connectivity index (χ4n) is 1.92. The van der Waals surface area contributed by atoms with E-state index in [1.807, 2.05) is 18.2 Å². The van der Waals surface area contributed by atoms with Crippen molar-refractivity contribution in [3.05, 3.63) is 53.4 Å². The Balaban J connectivity index is 2.01. The minimum Gasteiger partial charge on any atom is -0.396 e. The number of hydrogen-bond acceptors (Lipinski definition) is 4. The fraction of sp³-hybridized carbons (Fsp3) is 0.286. The topological polar surface area (TPSA) is 58.0 Å². The number of rotatable bonds is 6. The Morgan fingerprint density at radius 2 is 2.00 bits per heavy atom. The highest BCUT2D eigenvalue weighted by Crippen LogP contribution is 2.19. The molecule has 0 aliphatic rings. The maximum absolute atomic E-state index is 9.16. The van der Waals surface area contributed by atoms with Crippen LogP contribution >= 0.6 is 11.6 Å². The summed E-state index contributed by atoms with van der Waals surface area (Å²) in [5.74, 6) is 0.873. The molecule has 0 amide bonds. The van der Waals surface area contributed by atoms with E-state index >= 15 is 0 Å². The first-order chi connectivity index (χ1) is 9.29. The van der Waals surface area contributed by atoms with Gasteiger partial charge in [-0.05, 0) is 12.0 Å². The number of benzene rings is 1. The predicted octanol–water partition coefficient (Wildman–Crippen LogP) is 2.71. The number of aromatic nitrogens is 2. The normalized spacial score (nSPS) is 12.1. The monoisotopic (exact) mass is 277 g/mol. The Hall–Kier alpha value is -1.65. The summed E-state index contributed by atoms with van der Waals surface area (Å²) in [7, 11) is 0. The minimum atomic E-state index is 0.155. The van der Waals surface area contributed by atoms with E-state index < -0.39 is 0 Å². The van der Waals surface area contributed by atoms with Gasteiger partial charge >= 0.3 is 0 Å². The molecule has 1 aromatic heterocycles. The molecule has 2 aromatic rings. The van der Waals surface area contributed by atoms with Crippen molar-refractivity contribution in [1.29, 1.82) is 0 Å². The van der Waals surface area contributed by atoms with Crippen LogP contribution in [0, 0.1) is 0 Å². The SMILES string of the molecule is OCCC(CNc1cncc(Cl)n1)c1ccccc1. The van der Waals surface area contributed by atoms with Crippen molar-refractivity contribution in [2.45, 2.75) is 12.3 Å². The lowest BCUT2D eigenvalue weighted by Gasteiger charge is -2.17. The summed E-state index contributed by atoms with van der Waals surface area (Å²) in [6.07, 6.45) is 3.83. The molecule has 0 saturated heterocycles. The average Bonchev–Trinajstić information content (AvgIpc) is 2.44. The van der Waals surface area contributed by atoms with Gasteiger partial charge in [-0.3, -0.25) is 4.98 Å². The lowest BCUT2D eigenvalue weighted by atomic mass is 9.96. The van der Waals surface area contributed by atoms with Crippen LogP contribution in [-0.2, 0) is 0 Å². The molecule has 1 atom stereocenters. The summed E-state index contributed by atoms with van der Waals surface area (Å²) in [6, 6.07) is 10.1. The van der Waals surface area contributed by atoms with Crippen LogP contribution in [0.3, 0.4) is 0 Å². The Morgan fingerprint density at radius 1 is 1.21 bits per heavy atom. The van der Waals surface area contributed by atoms with Crippen LogP contribution < -0.4 is 5.32 Å². The molecular formula is C14H16ClN3O. The zero-order chi connectivity index (χ0) is 13.5. The Labute approximate surface area is 117 Å². The van der Waals surface area contributed by atoms with Gasteiger partial charge in [0.1, 0.15) is 11.0 Å². The maximum atomic E-state index is 9.16. The Kier molecular flexibility index (Phi) is 5.12. The molecule has 0 radical (unpaired) electrons.